The monoisotopic (exact) mass is 276 g/mol. The first-order valence-electron chi connectivity index (χ1n) is 6.30. The molecule has 0 aliphatic heterocycles. The normalized spacial score (nSPS) is 15.2. The molecule has 2 N–H and O–H groups in total. The number of nitrogens with one attached hydrogen (secondary N) is 1. The van der Waals surface area contributed by atoms with E-state index in [1.807, 2.05) is 0 Å². The molecule has 0 saturated heterocycles. The average Bonchev–Trinajstić information content (AvgIpc) is 2.37. The van der Waals surface area contributed by atoms with Crippen LogP contribution >= 0.6 is 0 Å². The molecule has 3 nitrogen and oxygen atoms in total. The lowest BCUT2D eigenvalue weighted by Gasteiger charge is -2.26. The number of aliphatic hydroxyl groups excluding tert-OH is 1. The van der Waals surface area contributed by atoms with Crippen molar-refractivity contribution in [2.45, 2.75) is 44.4 Å². The molecule has 108 valence electrons. The van der Waals surface area contributed by atoms with Gasteiger partial charge < -0.3 is 10.4 Å². The van der Waals surface area contributed by atoms with Crippen LogP contribution in [0.3, 0.4) is 0 Å². The van der Waals surface area contributed by atoms with Gasteiger partial charge in [0.25, 0.3) is 0 Å². The summed E-state index contributed by atoms with van der Waals surface area (Å²) in [5.41, 5.74) is 0.587. The van der Waals surface area contributed by atoms with Gasteiger partial charge in [-0.2, -0.15) is 13.2 Å². The van der Waals surface area contributed by atoms with E-state index in [-0.39, 0.29) is 19.1 Å². The van der Waals surface area contributed by atoms with Crippen LogP contribution in [-0.4, -0.2) is 35.0 Å². The molecule has 0 radical (unpaired) electrons. The van der Waals surface area contributed by atoms with Crippen molar-refractivity contribution in [2.75, 3.05) is 6.61 Å². The third-order valence-electron chi connectivity index (χ3n) is 2.99. The van der Waals surface area contributed by atoms with Gasteiger partial charge in [0.1, 0.15) is 6.04 Å². The first-order valence-corrected chi connectivity index (χ1v) is 6.30. The Hall–Kier alpha value is -1.14. The number of hydrogen-bond donors (Lipinski definition) is 2. The van der Waals surface area contributed by atoms with Crippen LogP contribution in [0.4, 0.5) is 13.2 Å². The Labute approximate surface area is 110 Å². The van der Waals surface area contributed by atoms with Gasteiger partial charge in [0.2, 0.25) is 0 Å². The molecule has 2 unspecified atom stereocenters. The van der Waals surface area contributed by atoms with Crippen molar-refractivity contribution in [3.8, 4) is 0 Å². The van der Waals surface area contributed by atoms with Crippen LogP contribution < -0.4 is 5.32 Å². The minimum absolute atomic E-state index is 0.120. The second-order valence-electron chi connectivity index (χ2n) is 4.44. The zero-order valence-corrected chi connectivity index (χ0v) is 10.8. The van der Waals surface area contributed by atoms with Crippen molar-refractivity contribution < 1.29 is 18.3 Å². The maximum atomic E-state index is 13.0. The summed E-state index contributed by atoms with van der Waals surface area (Å²) in [5.74, 6) is 0. The Morgan fingerprint density at radius 1 is 1.32 bits per heavy atom. The fourth-order valence-corrected chi connectivity index (χ4v) is 1.87. The summed E-state index contributed by atoms with van der Waals surface area (Å²) in [7, 11) is 0. The molecule has 6 heteroatoms. The number of pyridine rings is 1. The smallest absolute Gasteiger partial charge is 0.396 e. The predicted octanol–water partition coefficient (Wildman–Crippen LogP) is 2.31. The molecule has 1 aromatic rings. The highest BCUT2D eigenvalue weighted by atomic mass is 19.4. The SMILES string of the molecule is CCC(CCO)NC(Cc1ccncc1)C(F)(F)F. The Kier molecular flexibility index (Phi) is 6.24. The standard InChI is InChI=1S/C13H19F3N2O/c1-2-11(5-8-19)18-12(13(14,15)16)9-10-3-6-17-7-4-10/h3-4,6-7,11-12,18-19H,2,5,8-9H2,1H3. The first kappa shape index (κ1) is 15.9. The van der Waals surface area contributed by atoms with E-state index in [1.54, 1.807) is 19.1 Å². The van der Waals surface area contributed by atoms with Crippen molar-refractivity contribution in [1.29, 1.82) is 0 Å². The maximum absolute atomic E-state index is 13.0. The molecule has 1 rings (SSSR count). The number of rotatable bonds is 7. The number of aromatic nitrogens is 1. The first-order chi connectivity index (χ1) is 8.97. The average molecular weight is 276 g/mol. The van der Waals surface area contributed by atoms with Crippen LogP contribution in [0.5, 0.6) is 0 Å². The van der Waals surface area contributed by atoms with E-state index in [1.165, 1.54) is 12.4 Å². The van der Waals surface area contributed by atoms with Gasteiger partial charge in [-0.25, -0.2) is 0 Å². The van der Waals surface area contributed by atoms with E-state index in [0.29, 0.717) is 18.4 Å². The van der Waals surface area contributed by atoms with Gasteiger partial charge >= 0.3 is 6.18 Å². The summed E-state index contributed by atoms with van der Waals surface area (Å²) in [4.78, 5) is 3.79. The molecule has 0 saturated carbocycles. The largest absolute Gasteiger partial charge is 0.404 e. The summed E-state index contributed by atoms with van der Waals surface area (Å²) in [6, 6.07) is 1.21. The zero-order valence-electron chi connectivity index (χ0n) is 10.8. The molecular weight excluding hydrogens is 257 g/mol. The van der Waals surface area contributed by atoms with Crippen LogP contribution in [0, 0.1) is 0 Å². The van der Waals surface area contributed by atoms with Crippen LogP contribution in [0.2, 0.25) is 0 Å². The fourth-order valence-electron chi connectivity index (χ4n) is 1.87. The molecule has 1 aromatic heterocycles. The molecule has 1 heterocycles. The molecule has 0 amide bonds. The lowest BCUT2D eigenvalue weighted by Crippen LogP contribution is -2.48. The predicted molar refractivity (Wildman–Crippen MR) is 66.7 cm³/mol. The van der Waals surface area contributed by atoms with E-state index in [2.05, 4.69) is 10.3 Å². The van der Waals surface area contributed by atoms with Crippen LogP contribution in [-0.2, 0) is 6.42 Å². The lowest BCUT2D eigenvalue weighted by atomic mass is 10.0. The molecule has 0 spiro atoms. The topological polar surface area (TPSA) is 45.1 Å². The molecule has 0 fully saturated rings. The minimum atomic E-state index is -4.31. The summed E-state index contributed by atoms with van der Waals surface area (Å²) in [5, 5.41) is 11.4. The highest BCUT2D eigenvalue weighted by Crippen LogP contribution is 2.24. The van der Waals surface area contributed by atoms with E-state index in [4.69, 9.17) is 5.11 Å². The third-order valence-corrected chi connectivity index (χ3v) is 2.99. The van der Waals surface area contributed by atoms with Gasteiger partial charge in [0.15, 0.2) is 0 Å². The lowest BCUT2D eigenvalue weighted by molar-refractivity contribution is -0.157. The zero-order chi connectivity index (χ0) is 14.3. The van der Waals surface area contributed by atoms with Gasteiger partial charge in [-0.1, -0.05) is 6.92 Å². The van der Waals surface area contributed by atoms with Gasteiger partial charge in [-0.05, 0) is 37.0 Å². The Morgan fingerprint density at radius 2 is 1.95 bits per heavy atom. The summed E-state index contributed by atoms with van der Waals surface area (Å²) < 4.78 is 39.0. The van der Waals surface area contributed by atoms with E-state index in [0.717, 1.165) is 0 Å². The number of alkyl halides is 3. The van der Waals surface area contributed by atoms with E-state index in [9.17, 15) is 13.2 Å². The van der Waals surface area contributed by atoms with Crippen molar-refractivity contribution in [3.05, 3.63) is 30.1 Å². The second kappa shape index (κ2) is 7.45. The Balaban J connectivity index is 2.72. The van der Waals surface area contributed by atoms with Crippen molar-refractivity contribution in [3.63, 3.8) is 0 Å². The molecular formula is C13H19F3N2O. The van der Waals surface area contributed by atoms with Crippen molar-refractivity contribution in [1.82, 2.24) is 10.3 Å². The third kappa shape index (κ3) is 5.57. The summed E-state index contributed by atoms with van der Waals surface area (Å²) in [6.45, 7) is 1.68. The van der Waals surface area contributed by atoms with Gasteiger partial charge in [0.05, 0.1) is 0 Å². The molecule has 2 atom stereocenters. The Bertz CT molecular complexity index is 357. The van der Waals surface area contributed by atoms with Crippen LogP contribution in [0.1, 0.15) is 25.3 Å². The molecule has 0 aliphatic carbocycles. The molecule has 19 heavy (non-hydrogen) atoms. The van der Waals surface area contributed by atoms with E-state index < -0.39 is 12.2 Å². The van der Waals surface area contributed by atoms with Gasteiger partial charge in [0, 0.05) is 25.0 Å². The van der Waals surface area contributed by atoms with Crippen LogP contribution in [0.15, 0.2) is 24.5 Å². The summed E-state index contributed by atoms with van der Waals surface area (Å²) in [6.07, 6.45) is -0.620. The number of halogens is 3. The molecule has 0 bridgehead atoms. The van der Waals surface area contributed by atoms with E-state index >= 15 is 0 Å². The Morgan fingerprint density at radius 3 is 2.42 bits per heavy atom. The molecule has 0 aromatic carbocycles. The fraction of sp³-hybridized carbons (Fsp3) is 0.615. The maximum Gasteiger partial charge on any atom is 0.404 e. The quantitative estimate of drug-likeness (QED) is 0.803. The minimum Gasteiger partial charge on any atom is -0.396 e. The highest BCUT2D eigenvalue weighted by molar-refractivity contribution is 5.12. The summed E-state index contributed by atoms with van der Waals surface area (Å²) >= 11 is 0. The number of nitrogens with zero attached hydrogens (tertiary/aromatic N) is 1. The highest BCUT2D eigenvalue weighted by Gasteiger charge is 2.40. The van der Waals surface area contributed by atoms with Crippen molar-refractivity contribution in [2.24, 2.45) is 0 Å². The van der Waals surface area contributed by atoms with Gasteiger partial charge in [-0.15, -0.1) is 0 Å². The second-order valence-corrected chi connectivity index (χ2v) is 4.44. The molecule has 0 aliphatic rings. The van der Waals surface area contributed by atoms with Gasteiger partial charge in [-0.3, -0.25) is 4.98 Å². The van der Waals surface area contributed by atoms with Crippen LogP contribution in [0.25, 0.3) is 0 Å². The number of hydrogen-bond acceptors (Lipinski definition) is 3. The van der Waals surface area contributed by atoms with Crippen molar-refractivity contribution >= 4 is 0 Å². The number of aliphatic hydroxyl groups is 1.